The summed E-state index contributed by atoms with van der Waals surface area (Å²) in [7, 11) is 1.92. The fourth-order valence-electron chi connectivity index (χ4n) is 3.02. The van der Waals surface area contributed by atoms with E-state index in [1.54, 1.807) is 0 Å². The van der Waals surface area contributed by atoms with Crippen LogP contribution in [-0.2, 0) is 6.42 Å². The van der Waals surface area contributed by atoms with Crippen LogP contribution in [0, 0.1) is 5.92 Å². The van der Waals surface area contributed by atoms with Crippen LogP contribution in [0.3, 0.4) is 0 Å². The van der Waals surface area contributed by atoms with Crippen molar-refractivity contribution in [3.63, 3.8) is 0 Å². The molecule has 2 rings (SSSR count). The van der Waals surface area contributed by atoms with Gasteiger partial charge in [0.2, 0.25) is 0 Å². The van der Waals surface area contributed by atoms with Crippen molar-refractivity contribution in [1.29, 1.82) is 0 Å². The molecule has 0 spiro atoms. The summed E-state index contributed by atoms with van der Waals surface area (Å²) in [5, 5.41) is 3.15. The molecule has 1 N–H and O–H groups in total. The predicted octanol–water partition coefficient (Wildman–Crippen LogP) is 3.49. The van der Waals surface area contributed by atoms with E-state index in [9.17, 15) is 0 Å². The number of aryl methyl sites for hydroxylation is 1. The average molecular weight is 276 g/mol. The third-order valence-corrected chi connectivity index (χ3v) is 4.20. The Hall–Kier alpha value is -1.32. The first kappa shape index (κ1) is 15.1. The highest BCUT2D eigenvalue weighted by molar-refractivity contribution is 5.49. The number of nitrogens with one attached hydrogen (secondary N) is 1. The Balaban J connectivity index is 2.10. The van der Waals surface area contributed by atoms with Crippen LogP contribution in [0.2, 0.25) is 0 Å². The first-order valence-corrected chi connectivity index (χ1v) is 8.07. The van der Waals surface area contributed by atoms with E-state index in [-0.39, 0.29) is 0 Å². The van der Waals surface area contributed by atoms with Gasteiger partial charge in [0.25, 0.3) is 0 Å². The summed E-state index contributed by atoms with van der Waals surface area (Å²) in [6.45, 7) is 6.66. The first-order chi connectivity index (χ1) is 9.76. The van der Waals surface area contributed by atoms with Gasteiger partial charge in [-0.15, -0.1) is 0 Å². The summed E-state index contributed by atoms with van der Waals surface area (Å²) in [4.78, 5) is 11.6. The maximum Gasteiger partial charge on any atom is 0.134 e. The fourth-order valence-corrected chi connectivity index (χ4v) is 3.02. The lowest BCUT2D eigenvalue weighted by atomic mass is 9.96. The van der Waals surface area contributed by atoms with Crippen LogP contribution in [0.4, 0.5) is 11.6 Å². The number of nitrogens with zero attached hydrogens (tertiary/aromatic N) is 3. The topological polar surface area (TPSA) is 41.0 Å². The molecular weight excluding hydrogens is 248 g/mol. The Morgan fingerprint density at radius 2 is 2.10 bits per heavy atom. The zero-order valence-electron chi connectivity index (χ0n) is 13.2. The Morgan fingerprint density at radius 3 is 2.80 bits per heavy atom. The predicted molar refractivity (Wildman–Crippen MR) is 85.4 cm³/mol. The molecule has 1 fully saturated rings. The van der Waals surface area contributed by atoms with Crippen molar-refractivity contribution in [3.05, 3.63) is 11.9 Å². The molecule has 4 heteroatoms. The minimum atomic E-state index is 0.884. The normalized spacial score (nSPS) is 19.8. The molecule has 20 heavy (non-hydrogen) atoms. The van der Waals surface area contributed by atoms with Crippen molar-refractivity contribution in [2.24, 2.45) is 5.92 Å². The lowest BCUT2D eigenvalue weighted by molar-refractivity contribution is 0.435. The molecule has 2 heterocycles. The van der Waals surface area contributed by atoms with Crippen LogP contribution < -0.4 is 10.2 Å². The zero-order chi connectivity index (χ0) is 14.4. The quantitative estimate of drug-likeness (QED) is 0.894. The molecule has 1 saturated heterocycles. The van der Waals surface area contributed by atoms with Crippen LogP contribution in [0.5, 0.6) is 0 Å². The van der Waals surface area contributed by atoms with E-state index in [2.05, 4.69) is 35.1 Å². The molecule has 1 aromatic rings. The highest BCUT2D eigenvalue weighted by Crippen LogP contribution is 2.25. The average Bonchev–Trinajstić information content (AvgIpc) is 2.73. The van der Waals surface area contributed by atoms with E-state index in [0.717, 1.165) is 42.9 Å². The molecule has 1 aliphatic rings. The van der Waals surface area contributed by atoms with Crippen molar-refractivity contribution in [2.45, 2.75) is 52.4 Å². The molecular formula is C16H28N4. The van der Waals surface area contributed by atoms with Crippen LogP contribution in [0.1, 0.15) is 51.8 Å². The van der Waals surface area contributed by atoms with Gasteiger partial charge in [-0.3, -0.25) is 0 Å². The summed E-state index contributed by atoms with van der Waals surface area (Å²) in [6, 6.07) is 2.08. The maximum atomic E-state index is 4.71. The Bertz CT molecular complexity index is 397. The van der Waals surface area contributed by atoms with Gasteiger partial charge in [-0.25, -0.2) is 9.97 Å². The van der Waals surface area contributed by atoms with Gasteiger partial charge in [-0.2, -0.15) is 0 Å². The van der Waals surface area contributed by atoms with Crippen LogP contribution in [-0.4, -0.2) is 30.1 Å². The van der Waals surface area contributed by atoms with Gasteiger partial charge in [-0.1, -0.05) is 26.7 Å². The molecule has 112 valence electrons. The molecule has 1 unspecified atom stereocenters. The first-order valence-electron chi connectivity index (χ1n) is 8.07. The molecule has 0 saturated carbocycles. The number of rotatable bonds is 5. The summed E-state index contributed by atoms with van der Waals surface area (Å²) >= 11 is 0. The Labute approximate surface area is 123 Å². The Kier molecular flexibility index (Phi) is 5.62. The number of hydrogen-bond donors (Lipinski definition) is 1. The highest BCUT2D eigenvalue weighted by atomic mass is 15.2. The standard InChI is InChI=1S/C16H28N4/c1-4-7-13-8-6-10-20(11-9-13)16-12-15(17-3)18-14(5-2)19-16/h12-13H,4-11H2,1-3H3,(H,17,18,19). The maximum absolute atomic E-state index is 4.71. The Morgan fingerprint density at radius 1 is 1.25 bits per heavy atom. The zero-order valence-corrected chi connectivity index (χ0v) is 13.2. The molecule has 0 bridgehead atoms. The lowest BCUT2D eigenvalue weighted by Gasteiger charge is -2.22. The molecule has 1 atom stereocenters. The minimum absolute atomic E-state index is 0.884. The number of anilines is 2. The molecule has 0 amide bonds. The highest BCUT2D eigenvalue weighted by Gasteiger charge is 2.18. The van der Waals surface area contributed by atoms with Gasteiger partial charge < -0.3 is 10.2 Å². The van der Waals surface area contributed by atoms with Crippen molar-refractivity contribution in [1.82, 2.24) is 9.97 Å². The van der Waals surface area contributed by atoms with E-state index < -0.39 is 0 Å². The van der Waals surface area contributed by atoms with E-state index >= 15 is 0 Å². The molecule has 0 radical (unpaired) electrons. The SMILES string of the molecule is CCCC1CCCN(c2cc(NC)nc(CC)n2)CC1. The van der Waals surface area contributed by atoms with Crippen LogP contribution in [0.25, 0.3) is 0 Å². The summed E-state index contributed by atoms with van der Waals surface area (Å²) in [5.74, 6) is 3.86. The van der Waals surface area contributed by atoms with E-state index in [1.165, 1.54) is 32.1 Å². The van der Waals surface area contributed by atoms with Gasteiger partial charge in [-0.05, 0) is 25.2 Å². The summed E-state index contributed by atoms with van der Waals surface area (Å²) < 4.78 is 0. The number of aromatic nitrogens is 2. The second kappa shape index (κ2) is 7.46. The summed E-state index contributed by atoms with van der Waals surface area (Å²) in [6.07, 6.45) is 7.52. The van der Waals surface area contributed by atoms with Crippen LogP contribution >= 0.6 is 0 Å². The molecule has 1 aliphatic heterocycles. The van der Waals surface area contributed by atoms with Gasteiger partial charge in [0.1, 0.15) is 17.5 Å². The van der Waals surface area contributed by atoms with E-state index in [0.29, 0.717) is 0 Å². The molecule has 4 nitrogen and oxygen atoms in total. The van der Waals surface area contributed by atoms with E-state index in [4.69, 9.17) is 4.98 Å². The molecule has 0 aromatic carbocycles. The minimum Gasteiger partial charge on any atom is -0.373 e. The molecule has 0 aliphatic carbocycles. The van der Waals surface area contributed by atoms with Gasteiger partial charge in [0, 0.05) is 32.6 Å². The van der Waals surface area contributed by atoms with Gasteiger partial charge in [0.15, 0.2) is 0 Å². The van der Waals surface area contributed by atoms with Crippen molar-refractivity contribution >= 4 is 11.6 Å². The second-order valence-corrected chi connectivity index (χ2v) is 5.70. The van der Waals surface area contributed by atoms with Crippen molar-refractivity contribution in [2.75, 3.05) is 30.4 Å². The van der Waals surface area contributed by atoms with Gasteiger partial charge >= 0.3 is 0 Å². The van der Waals surface area contributed by atoms with E-state index in [1.807, 2.05) is 7.05 Å². The van der Waals surface area contributed by atoms with Crippen molar-refractivity contribution < 1.29 is 0 Å². The van der Waals surface area contributed by atoms with Crippen LogP contribution in [0.15, 0.2) is 6.07 Å². The largest absolute Gasteiger partial charge is 0.373 e. The fraction of sp³-hybridized carbons (Fsp3) is 0.750. The summed E-state index contributed by atoms with van der Waals surface area (Å²) in [5.41, 5.74) is 0. The monoisotopic (exact) mass is 276 g/mol. The van der Waals surface area contributed by atoms with Crippen molar-refractivity contribution in [3.8, 4) is 0 Å². The smallest absolute Gasteiger partial charge is 0.134 e. The van der Waals surface area contributed by atoms with Gasteiger partial charge in [0.05, 0.1) is 0 Å². The third kappa shape index (κ3) is 3.84. The third-order valence-electron chi connectivity index (χ3n) is 4.20. The number of hydrogen-bond acceptors (Lipinski definition) is 4. The lowest BCUT2D eigenvalue weighted by Crippen LogP contribution is -2.26. The molecule has 1 aromatic heterocycles. The second-order valence-electron chi connectivity index (χ2n) is 5.70.